The zero-order valence-electron chi connectivity index (χ0n) is 9.22. The molecule has 0 spiro atoms. The number of terminal acetylenes is 1. The van der Waals surface area contributed by atoms with Crippen LogP contribution in [0.1, 0.15) is 37.3 Å². The van der Waals surface area contributed by atoms with Crippen LogP contribution in [0.15, 0.2) is 24.3 Å². The average Bonchev–Trinajstić information content (AvgIpc) is 3.08. The van der Waals surface area contributed by atoms with Gasteiger partial charge in [-0.25, -0.2) is 0 Å². The second-order valence-corrected chi connectivity index (χ2v) is 4.23. The predicted molar refractivity (Wildman–Crippen MR) is 63.6 cm³/mol. The van der Waals surface area contributed by atoms with E-state index in [1.54, 1.807) is 0 Å². The molecule has 0 unspecified atom stereocenters. The molecule has 1 fully saturated rings. The van der Waals surface area contributed by atoms with Crippen molar-refractivity contribution >= 4 is 0 Å². The van der Waals surface area contributed by atoms with E-state index in [0.29, 0.717) is 0 Å². The number of hydrogen-bond donors (Lipinski definition) is 1. The van der Waals surface area contributed by atoms with E-state index in [-0.39, 0.29) is 5.54 Å². The summed E-state index contributed by atoms with van der Waals surface area (Å²) in [6.45, 7) is 3.28. The van der Waals surface area contributed by atoms with Crippen LogP contribution in [-0.4, -0.2) is 6.54 Å². The minimum Gasteiger partial charge on any atom is -0.307 e. The Morgan fingerprint density at radius 1 is 1.47 bits per heavy atom. The van der Waals surface area contributed by atoms with E-state index in [4.69, 9.17) is 6.42 Å². The van der Waals surface area contributed by atoms with Crippen LogP contribution in [-0.2, 0) is 5.54 Å². The fourth-order valence-electron chi connectivity index (χ4n) is 1.96. The Hall–Kier alpha value is -1.26. The molecule has 78 valence electrons. The van der Waals surface area contributed by atoms with Gasteiger partial charge < -0.3 is 5.32 Å². The number of benzene rings is 1. The summed E-state index contributed by atoms with van der Waals surface area (Å²) >= 11 is 0. The fourth-order valence-corrected chi connectivity index (χ4v) is 1.96. The minimum atomic E-state index is 0.239. The van der Waals surface area contributed by atoms with Gasteiger partial charge in [-0.3, -0.25) is 0 Å². The van der Waals surface area contributed by atoms with Crippen LogP contribution >= 0.6 is 0 Å². The number of hydrogen-bond acceptors (Lipinski definition) is 1. The molecule has 1 saturated carbocycles. The van der Waals surface area contributed by atoms with Gasteiger partial charge in [0.1, 0.15) is 0 Å². The number of rotatable bonds is 4. The maximum Gasteiger partial charge on any atom is 0.0436 e. The first-order chi connectivity index (χ1) is 7.30. The summed E-state index contributed by atoms with van der Waals surface area (Å²) in [5.41, 5.74) is 2.58. The summed E-state index contributed by atoms with van der Waals surface area (Å²) < 4.78 is 0. The molecule has 15 heavy (non-hydrogen) atoms. The standard InChI is InChI=1S/C14H17N/c1-3-10-15-14(8-9-14)13-7-5-6-12(4-2)11-13/h2,5-7,11,15H,3,8-10H2,1H3. The molecule has 0 aromatic heterocycles. The zero-order chi connectivity index (χ0) is 10.7. The lowest BCUT2D eigenvalue weighted by Crippen LogP contribution is -2.29. The molecule has 1 aliphatic rings. The van der Waals surface area contributed by atoms with Gasteiger partial charge in [0.15, 0.2) is 0 Å². The van der Waals surface area contributed by atoms with E-state index >= 15 is 0 Å². The Balaban J connectivity index is 2.18. The van der Waals surface area contributed by atoms with Crippen molar-refractivity contribution in [3.8, 4) is 12.3 Å². The van der Waals surface area contributed by atoms with Crippen LogP contribution in [0.2, 0.25) is 0 Å². The molecule has 0 bridgehead atoms. The van der Waals surface area contributed by atoms with Crippen molar-refractivity contribution in [3.63, 3.8) is 0 Å². The average molecular weight is 199 g/mol. The van der Waals surface area contributed by atoms with Crippen molar-refractivity contribution in [3.05, 3.63) is 35.4 Å². The molecule has 1 aromatic rings. The van der Waals surface area contributed by atoms with Gasteiger partial charge in [0, 0.05) is 11.1 Å². The molecular formula is C14H17N. The van der Waals surface area contributed by atoms with Crippen LogP contribution in [0.3, 0.4) is 0 Å². The smallest absolute Gasteiger partial charge is 0.0436 e. The molecule has 2 rings (SSSR count). The third-order valence-electron chi connectivity index (χ3n) is 3.05. The summed E-state index contributed by atoms with van der Waals surface area (Å²) in [6.07, 6.45) is 9.06. The molecule has 0 saturated heterocycles. The van der Waals surface area contributed by atoms with E-state index in [1.807, 2.05) is 6.07 Å². The fraction of sp³-hybridized carbons (Fsp3) is 0.429. The SMILES string of the molecule is C#Cc1cccc(C2(NCCC)CC2)c1. The molecule has 1 heteroatoms. The van der Waals surface area contributed by atoms with Crippen LogP contribution in [0.25, 0.3) is 0 Å². The molecule has 0 amide bonds. The minimum absolute atomic E-state index is 0.239. The summed E-state index contributed by atoms with van der Waals surface area (Å²) in [6, 6.07) is 8.35. The molecule has 0 aliphatic heterocycles. The van der Waals surface area contributed by atoms with Gasteiger partial charge in [-0.1, -0.05) is 25.0 Å². The lowest BCUT2D eigenvalue weighted by molar-refractivity contribution is 0.518. The van der Waals surface area contributed by atoms with Crippen LogP contribution in [0.5, 0.6) is 0 Å². The third kappa shape index (κ3) is 2.06. The van der Waals surface area contributed by atoms with Crippen LogP contribution in [0.4, 0.5) is 0 Å². The monoisotopic (exact) mass is 199 g/mol. The second-order valence-electron chi connectivity index (χ2n) is 4.23. The molecule has 1 aliphatic carbocycles. The van der Waals surface area contributed by atoms with Gasteiger partial charge >= 0.3 is 0 Å². The van der Waals surface area contributed by atoms with Gasteiger partial charge in [0.05, 0.1) is 0 Å². The van der Waals surface area contributed by atoms with E-state index in [0.717, 1.165) is 12.1 Å². The van der Waals surface area contributed by atoms with Crippen molar-refractivity contribution in [2.45, 2.75) is 31.7 Å². The molecule has 1 aromatic carbocycles. The summed E-state index contributed by atoms with van der Waals surface area (Å²) in [7, 11) is 0. The van der Waals surface area contributed by atoms with E-state index in [1.165, 1.54) is 24.8 Å². The van der Waals surface area contributed by atoms with E-state index in [2.05, 4.69) is 36.4 Å². The Morgan fingerprint density at radius 2 is 2.27 bits per heavy atom. The van der Waals surface area contributed by atoms with Gasteiger partial charge in [0.2, 0.25) is 0 Å². The second kappa shape index (κ2) is 4.08. The largest absolute Gasteiger partial charge is 0.307 e. The third-order valence-corrected chi connectivity index (χ3v) is 3.05. The van der Waals surface area contributed by atoms with Gasteiger partial charge in [-0.15, -0.1) is 6.42 Å². The molecule has 1 nitrogen and oxygen atoms in total. The summed E-state index contributed by atoms with van der Waals surface area (Å²) in [5.74, 6) is 2.70. The highest BCUT2D eigenvalue weighted by atomic mass is 15.0. The maximum atomic E-state index is 5.41. The normalized spacial score (nSPS) is 17.1. The molecular weight excluding hydrogens is 182 g/mol. The first-order valence-corrected chi connectivity index (χ1v) is 5.63. The Morgan fingerprint density at radius 3 is 2.87 bits per heavy atom. The van der Waals surface area contributed by atoms with E-state index < -0.39 is 0 Å². The molecule has 0 radical (unpaired) electrons. The topological polar surface area (TPSA) is 12.0 Å². The van der Waals surface area contributed by atoms with Crippen molar-refractivity contribution in [2.24, 2.45) is 0 Å². The van der Waals surface area contributed by atoms with Crippen molar-refractivity contribution in [1.82, 2.24) is 5.32 Å². The highest BCUT2D eigenvalue weighted by molar-refractivity contribution is 5.40. The first-order valence-electron chi connectivity index (χ1n) is 5.63. The van der Waals surface area contributed by atoms with Gasteiger partial charge in [0.25, 0.3) is 0 Å². The maximum absolute atomic E-state index is 5.41. The lowest BCUT2D eigenvalue weighted by atomic mass is 10.0. The zero-order valence-corrected chi connectivity index (χ0v) is 9.22. The van der Waals surface area contributed by atoms with Crippen LogP contribution < -0.4 is 5.32 Å². The van der Waals surface area contributed by atoms with Crippen molar-refractivity contribution in [1.29, 1.82) is 0 Å². The predicted octanol–water partition coefficient (Wildman–Crippen LogP) is 2.66. The number of nitrogens with one attached hydrogen (secondary N) is 1. The quantitative estimate of drug-likeness (QED) is 0.735. The molecule has 0 atom stereocenters. The van der Waals surface area contributed by atoms with Crippen LogP contribution in [0, 0.1) is 12.3 Å². The summed E-state index contributed by atoms with van der Waals surface area (Å²) in [4.78, 5) is 0. The lowest BCUT2D eigenvalue weighted by Gasteiger charge is -2.17. The highest BCUT2D eigenvalue weighted by Gasteiger charge is 2.43. The summed E-state index contributed by atoms with van der Waals surface area (Å²) in [5, 5.41) is 3.62. The Kier molecular flexibility index (Phi) is 2.79. The first kappa shape index (κ1) is 10.3. The van der Waals surface area contributed by atoms with Crippen molar-refractivity contribution < 1.29 is 0 Å². The highest BCUT2D eigenvalue weighted by Crippen LogP contribution is 2.45. The van der Waals surface area contributed by atoms with E-state index in [9.17, 15) is 0 Å². The van der Waals surface area contributed by atoms with Crippen molar-refractivity contribution in [2.75, 3.05) is 6.54 Å². The van der Waals surface area contributed by atoms with Gasteiger partial charge in [-0.05, 0) is 43.5 Å². The molecule has 0 heterocycles. The Bertz CT molecular complexity index is 383. The van der Waals surface area contributed by atoms with Gasteiger partial charge in [-0.2, -0.15) is 0 Å². The Labute approximate surface area is 91.9 Å². The molecule has 1 N–H and O–H groups in total.